The number of hydrogen-bond donors (Lipinski definition) is 1. The first-order valence-corrected chi connectivity index (χ1v) is 7.38. The Kier molecular flexibility index (Phi) is 12.5. The normalized spacial score (nSPS) is 12.3. The zero-order chi connectivity index (χ0) is 13.3. The third-order valence-corrected chi connectivity index (χ3v) is 2.90. The van der Waals surface area contributed by atoms with Crippen LogP contribution >= 0.6 is 0 Å². The number of allylic oxidation sites excluding steroid dienone is 6. The molecular weight excluding hydrogens is 259 g/mol. The second-order valence-electron chi connectivity index (χ2n) is 4.23. The second-order valence-corrected chi connectivity index (χ2v) is 5.80. The van der Waals surface area contributed by atoms with Gasteiger partial charge in [-0.15, -0.1) is 0 Å². The maximum atomic E-state index is 10.5. The van der Waals surface area contributed by atoms with Gasteiger partial charge < -0.3 is 0 Å². The molecule has 0 aromatic heterocycles. The molecule has 0 aliphatic heterocycles. The van der Waals surface area contributed by atoms with Gasteiger partial charge in [-0.05, 0) is 45.6 Å². The van der Waals surface area contributed by atoms with Crippen molar-refractivity contribution in [2.45, 2.75) is 40.0 Å². The van der Waals surface area contributed by atoms with Crippen LogP contribution in [0.5, 0.6) is 0 Å². The van der Waals surface area contributed by atoms with E-state index in [9.17, 15) is 8.42 Å². The summed E-state index contributed by atoms with van der Waals surface area (Å²) < 4.78 is 29.7. The van der Waals surface area contributed by atoms with Gasteiger partial charge in [-0.1, -0.05) is 29.9 Å². The SMILES string of the molecule is CC=CC=C(C=C(C)C)CCCCS(=O)(=O)O.[NaH]. The molecule has 3 nitrogen and oxygen atoms in total. The minimum absolute atomic E-state index is 0. The van der Waals surface area contributed by atoms with Crippen molar-refractivity contribution in [3.05, 3.63) is 35.5 Å². The standard InChI is InChI=1S/C13H22O3S.Na.H/c1-4-5-8-13(11-12(2)3)9-6-7-10-17(14,15)16;;/h4-5,8,11H,6-7,9-10H2,1-3H3,(H,14,15,16);;. The van der Waals surface area contributed by atoms with Gasteiger partial charge >= 0.3 is 29.6 Å². The average Bonchev–Trinajstić information content (AvgIpc) is 2.18. The van der Waals surface area contributed by atoms with Crippen molar-refractivity contribution >= 4 is 39.7 Å². The summed E-state index contributed by atoms with van der Waals surface area (Å²) in [5.74, 6) is -0.154. The Hall–Kier alpha value is 0.130. The Labute approximate surface area is 133 Å². The van der Waals surface area contributed by atoms with E-state index in [2.05, 4.69) is 6.08 Å². The Morgan fingerprint density at radius 1 is 1.22 bits per heavy atom. The van der Waals surface area contributed by atoms with E-state index in [0.717, 1.165) is 12.8 Å². The predicted molar refractivity (Wildman–Crippen MR) is 79.7 cm³/mol. The Morgan fingerprint density at radius 3 is 2.28 bits per heavy atom. The number of unbranched alkanes of at least 4 members (excludes halogenated alkanes) is 1. The van der Waals surface area contributed by atoms with Crippen molar-refractivity contribution in [2.24, 2.45) is 0 Å². The maximum absolute atomic E-state index is 10.5. The molecule has 0 unspecified atom stereocenters. The Bertz CT molecular complexity index is 402. The van der Waals surface area contributed by atoms with Crippen molar-refractivity contribution < 1.29 is 13.0 Å². The van der Waals surface area contributed by atoms with E-state index in [1.165, 1.54) is 11.1 Å². The molecule has 0 saturated heterocycles. The first-order chi connectivity index (χ1) is 7.85. The molecule has 0 amide bonds. The van der Waals surface area contributed by atoms with E-state index in [1.54, 1.807) is 0 Å². The summed E-state index contributed by atoms with van der Waals surface area (Å²) in [5.41, 5.74) is 2.40. The van der Waals surface area contributed by atoms with Gasteiger partial charge in [-0.3, -0.25) is 4.55 Å². The van der Waals surface area contributed by atoms with Crippen LogP contribution < -0.4 is 0 Å². The van der Waals surface area contributed by atoms with E-state index < -0.39 is 10.1 Å². The molecule has 0 aromatic carbocycles. The molecule has 0 aliphatic carbocycles. The molecule has 0 atom stereocenters. The molecule has 0 bridgehead atoms. The van der Waals surface area contributed by atoms with Crippen LogP contribution in [-0.2, 0) is 10.1 Å². The Morgan fingerprint density at radius 2 is 1.83 bits per heavy atom. The quantitative estimate of drug-likeness (QED) is 0.338. The molecular formula is C13H23NaO3S. The molecule has 0 spiro atoms. The van der Waals surface area contributed by atoms with Gasteiger partial charge in [0.2, 0.25) is 0 Å². The van der Waals surface area contributed by atoms with Crippen LogP contribution in [0, 0.1) is 0 Å². The van der Waals surface area contributed by atoms with Gasteiger partial charge in [-0.2, -0.15) is 8.42 Å². The van der Waals surface area contributed by atoms with Gasteiger partial charge in [0.05, 0.1) is 5.75 Å². The van der Waals surface area contributed by atoms with Crippen molar-refractivity contribution in [1.29, 1.82) is 0 Å². The first-order valence-electron chi connectivity index (χ1n) is 5.77. The second kappa shape index (κ2) is 11.0. The molecule has 0 saturated carbocycles. The Balaban J connectivity index is 0. The summed E-state index contributed by atoms with van der Waals surface area (Å²) in [6, 6.07) is 0. The van der Waals surface area contributed by atoms with Crippen LogP contribution in [0.4, 0.5) is 0 Å². The summed E-state index contributed by atoms with van der Waals surface area (Å²) in [5, 5.41) is 0. The summed E-state index contributed by atoms with van der Waals surface area (Å²) in [4.78, 5) is 0. The molecule has 0 rings (SSSR count). The molecule has 100 valence electrons. The summed E-state index contributed by atoms with van der Waals surface area (Å²) >= 11 is 0. The summed E-state index contributed by atoms with van der Waals surface area (Å²) in [6.45, 7) is 6.01. The summed E-state index contributed by atoms with van der Waals surface area (Å²) in [6.07, 6.45) is 10.1. The van der Waals surface area contributed by atoms with Crippen LogP contribution in [0.3, 0.4) is 0 Å². The van der Waals surface area contributed by atoms with Crippen LogP contribution in [0.1, 0.15) is 40.0 Å². The zero-order valence-corrected chi connectivity index (χ0v) is 11.6. The monoisotopic (exact) mass is 282 g/mol. The van der Waals surface area contributed by atoms with Gasteiger partial charge in [-0.25, -0.2) is 0 Å². The fourth-order valence-corrected chi connectivity index (χ4v) is 1.98. The fraction of sp³-hybridized carbons (Fsp3) is 0.538. The molecule has 0 aliphatic rings. The van der Waals surface area contributed by atoms with Gasteiger partial charge in [0, 0.05) is 0 Å². The molecule has 0 heterocycles. The molecule has 0 fully saturated rings. The zero-order valence-electron chi connectivity index (χ0n) is 10.8. The predicted octanol–water partition coefficient (Wildman–Crippen LogP) is 2.86. The summed E-state index contributed by atoms with van der Waals surface area (Å²) in [7, 11) is -3.81. The van der Waals surface area contributed by atoms with E-state index in [1.807, 2.05) is 39.0 Å². The number of hydrogen-bond acceptors (Lipinski definition) is 2. The van der Waals surface area contributed by atoms with Crippen molar-refractivity contribution in [3.63, 3.8) is 0 Å². The molecule has 18 heavy (non-hydrogen) atoms. The van der Waals surface area contributed by atoms with Gasteiger partial charge in [0.15, 0.2) is 0 Å². The van der Waals surface area contributed by atoms with Crippen molar-refractivity contribution in [2.75, 3.05) is 5.75 Å². The fourth-order valence-electron chi connectivity index (χ4n) is 1.41. The van der Waals surface area contributed by atoms with Crippen LogP contribution in [0.2, 0.25) is 0 Å². The van der Waals surface area contributed by atoms with Crippen LogP contribution in [-0.4, -0.2) is 48.3 Å². The van der Waals surface area contributed by atoms with E-state index >= 15 is 0 Å². The van der Waals surface area contributed by atoms with Crippen LogP contribution in [0.15, 0.2) is 35.5 Å². The van der Waals surface area contributed by atoms with Crippen molar-refractivity contribution in [1.82, 2.24) is 0 Å². The molecule has 0 radical (unpaired) electrons. The third kappa shape index (κ3) is 14.2. The third-order valence-electron chi connectivity index (χ3n) is 2.09. The first kappa shape index (κ1) is 20.4. The molecule has 5 heteroatoms. The van der Waals surface area contributed by atoms with Gasteiger partial charge in [0.25, 0.3) is 10.1 Å². The molecule has 1 N–H and O–H groups in total. The van der Waals surface area contributed by atoms with E-state index in [0.29, 0.717) is 6.42 Å². The van der Waals surface area contributed by atoms with E-state index in [4.69, 9.17) is 4.55 Å². The number of rotatable bonds is 7. The van der Waals surface area contributed by atoms with Crippen molar-refractivity contribution in [3.8, 4) is 0 Å². The molecule has 0 aromatic rings. The topological polar surface area (TPSA) is 54.4 Å². The average molecular weight is 282 g/mol. The minimum atomic E-state index is -3.81. The van der Waals surface area contributed by atoms with E-state index in [-0.39, 0.29) is 35.3 Å². The van der Waals surface area contributed by atoms with Crippen LogP contribution in [0.25, 0.3) is 0 Å². The van der Waals surface area contributed by atoms with Gasteiger partial charge in [0.1, 0.15) is 0 Å².